The van der Waals surface area contributed by atoms with Crippen LogP contribution >= 0.6 is 0 Å². The zero-order valence-corrected chi connectivity index (χ0v) is 22.5. The van der Waals surface area contributed by atoms with Crippen LogP contribution in [0.1, 0.15) is 44.5 Å². The minimum absolute atomic E-state index is 0.127. The molecule has 1 aromatic carbocycles. The number of halogens is 1. The predicted molar refractivity (Wildman–Crippen MR) is 144 cm³/mol. The van der Waals surface area contributed by atoms with Crippen molar-refractivity contribution >= 4 is 11.6 Å². The highest BCUT2D eigenvalue weighted by atomic mass is 19.1. The van der Waals surface area contributed by atoms with Gasteiger partial charge in [0, 0.05) is 62.5 Å². The summed E-state index contributed by atoms with van der Waals surface area (Å²) < 4.78 is 19.0. The second kappa shape index (κ2) is 10.8. The van der Waals surface area contributed by atoms with Crippen LogP contribution in [0, 0.1) is 5.82 Å². The summed E-state index contributed by atoms with van der Waals surface area (Å²) in [5.74, 6) is -0.111. The van der Waals surface area contributed by atoms with E-state index in [1.165, 1.54) is 12.1 Å². The van der Waals surface area contributed by atoms with E-state index in [0.717, 1.165) is 61.9 Å². The van der Waals surface area contributed by atoms with Crippen LogP contribution in [0.5, 0.6) is 0 Å². The Kier molecular flexibility index (Phi) is 7.63. The van der Waals surface area contributed by atoms with E-state index >= 15 is 0 Å². The molecule has 0 spiro atoms. The highest BCUT2D eigenvalue weighted by Gasteiger charge is 2.41. The molecule has 0 unspecified atom stereocenters. The normalized spacial score (nSPS) is 26.3. The number of benzene rings is 1. The number of amides is 1. The van der Waals surface area contributed by atoms with Gasteiger partial charge < -0.3 is 15.0 Å². The SMILES string of the molecule is C[C@@H]1CN(CC(=O)N2CC(C)(C)c3ncc(Cc4ccc(F)cc4)cc32)[C@@H](CN2CCOC[C@@H]2C)CN1. The Hall–Kier alpha value is -2.39. The molecule has 3 atom stereocenters. The molecule has 2 aromatic rings. The third kappa shape index (κ3) is 5.87. The standard InChI is InChI=1S/C29H40FN5O2/c1-20-15-34(25(14-31-20)16-33-9-10-37-18-21(33)2)17-27(36)35-19-29(3,4)28-26(35)12-23(13-32-28)11-22-5-7-24(30)8-6-22/h5-8,12-13,20-21,25,31H,9-11,14-19H2,1-4H3/t20-,21+,25-/m1/s1. The van der Waals surface area contributed by atoms with Gasteiger partial charge in [-0.05, 0) is 49.6 Å². The number of hydrogen-bond acceptors (Lipinski definition) is 6. The van der Waals surface area contributed by atoms with Gasteiger partial charge in [0.25, 0.3) is 0 Å². The lowest BCUT2D eigenvalue weighted by Crippen LogP contribution is -2.62. The van der Waals surface area contributed by atoms with Crippen molar-refractivity contribution in [2.45, 2.75) is 57.7 Å². The van der Waals surface area contributed by atoms with Crippen LogP contribution in [0.3, 0.4) is 0 Å². The molecular formula is C29H40FN5O2. The van der Waals surface area contributed by atoms with Gasteiger partial charge >= 0.3 is 0 Å². The highest BCUT2D eigenvalue weighted by Crippen LogP contribution is 2.39. The number of nitrogens with zero attached hydrogens (tertiary/aromatic N) is 4. The fourth-order valence-electron chi connectivity index (χ4n) is 5.90. The first kappa shape index (κ1) is 26.2. The molecule has 1 amide bonds. The second-order valence-corrected chi connectivity index (χ2v) is 11.7. The van der Waals surface area contributed by atoms with E-state index in [2.05, 4.69) is 48.9 Å². The Labute approximate surface area is 220 Å². The molecule has 3 aliphatic heterocycles. The van der Waals surface area contributed by atoms with Crippen molar-refractivity contribution in [1.82, 2.24) is 20.1 Å². The van der Waals surface area contributed by atoms with Crippen molar-refractivity contribution in [3.05, 3.63) is 59.2 Å². The summed E-state index contributed by atoms with van der Waals surface area (Å²) in [7, 11) is 0. The second-order valence-electron chi connectivity index (χ2n) is 11.7. The van der Waals surface area contributed by atoms with Crippen LogP contribution in [-0.2, 0) is 21.4 Å². The summed E-state index contributed by atoms with van der Waals surface area (Å²) in [5, 5.41) is 3.61. The van der Waals surface area contributed by atoms with Crippen LogP contribution in [-0.4, -0.2) is 91.3 Å². The third-order valence-electron chi connectivity index (χ3n) is 8.05. The van der Waals surface area contributed by atoms with Crippen molar-refractivity contribution in [3.8, 4) is 0 Å². The van der Waals surface area contributed by atoms with E-state index in [0.29, 0.717) is 31.6 Å². The van der Waals surface area contributed by atoms with Gasteiger partial charge in [-0.2, -0.15) is 0 Å². The monoisotopic (exact) mass is 509 g/mol. The number of rotatable bonds is 6. The zero-order valence-electron chi connectivity index (χ0n) is 22.5. The topological polar surface area (TPSA) is 60.9 Å². The highest BCUT2D eigenvalue weighted by molar-refractivity contribution is 5.97. The molecule has 5 rings (SSSR count). The van der Waals surface area contributed by atoms with E-state index < -0.39 is 0 Å². The van der Waals surface area contributed by atoms with Crippen LogP contribution in [0.4, 0.5) is 10.1 Å². The number of hydrogen-bond donors (Lipinski definition) is 1. The maximum absolute atomic E-state index is 13.8. The molecule has 37 heavy (non-hydrogen) atoms. The Balaban J connectivity index is 1.33. The van der Waals surface area contributed by atoms with E-state index in [-0.39, 0.29) is 23.2 Å². The van der Waals surface area contributed by atoms with E-state index in [1.807, 2.05) is 11.1 Å². The molecule has 0 bridgehead atoms. The van der Waals surface area contributed by atoms with Crippen molar-refractivity contribution in [1.29, 1.82) is 0 Å². The molecule has 0 radical (unpaired) electrons. The van der Waals surface area contributed by atoms with Gasteiger partial charge in [-0.1, -0.05) is 26.0 Å². The number of pyridine rings is 1. The minimum Gasteiger partial charge on any atom is -0.379 e. The molecule has 4 heterocycles. The number of fused-ring (bicyclic) bond motifs is 1. The molecule has 8 heteroatoms. The Morgan fingerprint density at radius 3 is 2.73 bits per heavy atom. The Morgan fingerprint density at radius 2 is 1.97 bits per heavy atom. The quantitative estimate of drug-likeness (QED) is 0.646. The van der Waals surface area contributed by atoms with E-state index in [4.69, 9.17) is 9.72 Å². The average molecular weight is 510 g/mol. The summed E-state index contributed by atoms with van der Waals surface area (Å²) in [5.41, 5.74) is 3.72. The average Bonchev–Trinajstić information content (AvgIpc) is 3.14. The van der Waals surface area contributed by atoms with Crippen LogP contribution in [0.2, 0.25) is 0 Å². The molecule has 2 saturated heterocycles. The number of aromatic nitrogens is 1. The van der Waals surface area contributed by atoms with Gasteiger partial charge in [-0.25, -0.2) is 4.39 Å². The third-order valence-corrected chi connectivity index (χ3v) is 8.05. The number of carbonyl (C=O) groups is 1. The summed E-state index contributed by atoms with van der Waals surface area (Å²) in [4.78, 5) is 25.4. The molecule has 0 aliphatic carbocycles. The van der Waals surface area contributed by atoms with Crippen molar-refractivity contribution in [2.75, 3.05) is 57.4 Å². The number of nitrogens with one attached hydrogen (secondary N) is 1. The maximum atomic E-state index is 13.8. The lowest BCUT2D eigenvalue weighted by Gasteiger charge is -2.43. The van der Waals surface area contributed by atoms with E-state index in [1.54, 1.807) is 12.1 Å². The molecule has 3 aliphatic rings. The van der Waals surface area contributed by atoms with Gasteiger partial charge in [0.2, 0.25) is 5.91 Å². The molecule has 200 valence electrons. The minimum atomic E-state index is -0.238. The lowest BCUT2D eigenvalue weighted by atomic mass is 9.91. The van der Waals surface area contributed by atoms with Gasteiger partial charge in [0.1, 0.15) is 5.82 Å². The van der Waals surface area contributed by atoms with Gasteiger partial charge in [0.05, 0.1) is 31.1 Å². The number of morpholine rings is 1. The summed E-state index contributed by atoms with van der Waals surface area (Å²) in [6.45, 7) is 14.9. The number of carbonyl (C=O) groups excluding carboxylic acids is 1. The molecule has 0 saturated carbocycles. The number of ether oxygens (including phenoxy) is 1. The lowest BCUT2D eigenvalue weighted by molar-refractivity contribution is -0.121. The van der Waals surface area contributed by atoms with Crippen molar-refractivity contribution < 1.29 is 13.9 Å². The molecule has 1 aromatic heterocycles. The zero-order chi connectivity index (χ0) is 26.2. The first-order chi connectivity index (χ1) is 17.7. The fourth-order valence-corrected chi connectivity index (χ4v) is 5.90. The van der Waals surface area contributed by atoms with Crippen LogP contribution < -0.4 is 10.2 Å². The summed E-state index contributed by atoms with van der Waals surface area (Å²) in [6.07, 6.45) is 2.55. The van der Waals surface area contributed by atoms with Crippen molar-refractivity contribution in [2.24, 2.45) is 0 Å². The smallest absolute Gasteiger partial charge is 0.241 e. The molecule has 7 nitrogen and oxygen atoms in total. The Morgan fingerprint density at radius 1 is 1.19 bits per heavy atom. The van der Waals surface area contributed by atoms with E-state index in [9.17, 15) is 9.18 Å². The number of piperazine rings is 1. The first-order valence-electron chi connectivity index (χ1n) is 13.5. The van der Waals surface area contributed by atoms with Crippen LogP contribution in [0.15, 0.2) is 36.5 Å². The molecule has 2 fully saturated rings. The predicted octanol–water partition coefficient (Wildman–Crippen LogP) is 2.82. The number of anilines is 1. The molecule has 1 N–H and O–H groups in total. The van der Waals surface area contributed by atoms with Crippen molar-refractivity contribution in [3.63, 3.8) is 0 Å². The van der Waals surface area contributed by atoms with Gasteiger partial charge in [-0.3, -0.25) is 19.6 Å². The Bertz CT molecular complexity index is 1110. The van der Waals surface area contributed by atoms with Crippen LogP contribution in [0.25, 0.3) is 0 Å². The fraction of sp³-hybridized carbons (Fsp3) is 0.586. The first-order valence-corrected chi connectivity index (χ1v) is 13.5. The largest absolute Gasteiger partial charge is 0.379 e. The maximum Gasteiger partial charge on any atom is 0.241 e. The summed E-state index contributed by atoms with van der Waals surface area (Å²) >= 11 is 0. The van der Waals surface area contributed by atoms with Gasteiger partial charge in [-0.15, -0.1) is 0 Å². The molecular weight excluding hydrogens is 469 g/mol. The van der Waals surface area contributed by atoms with Gasteiger partial charge in [0.15, 0.2) is 0 Å². The summed E-state index contributed by atoms with van der Waals surface area (Å²) in [6, 6.07) is 9.69.